The van der Waals surface area contributed by atoms with Crippen LogP contribution in [0.2, 0.25) is 0 Å². The molecule has 0 saturated carbocycles. The summed E-state index contributed by atoms with van der Waals surface area (Å²) in [5.74, 6) is -0.833. The van der Waals surface area contributed by atoms with Crippen molar-refractivity contribution in [2.75, 3.05) is 0 Å². The summed E-state index contributed by atoms with van der Waals surface area (Å²) in [6.45, 7) is 5.34. The van der Waals surface area contributed by atoms with Gasteiger partial charge >= 0.3 is 0 Å². The Hall–Kier alpha value is -1.58. The molecular weight excluding hydrogens is 204 g/mol. The highest BCUT2D eigenvalue weighted by Crippen LogP contribution is 2.14. The monoisotopic (exact) mass is 224 g/mol. The van der Waals surface area contributed by atoms with E-state index in [0.717, 1.165) is 6.92 Å². The van der Waals surface area contributed by atoms with Gasteiger partial charge in [-0.05, 0) is 13.3 Å². The van der Waals surface area contributed by atoms with Crippen molar-refractivity contribution in [1.82, 2.24) is 9.55 Å². The Bertz CT molecular complexity index is 301. The molecule has 1 heterocycles. The van der Waals surface area contributed by atoms with Gasteiger partial charge in [-0.1, -0.05) is 25.5 Å². The van der Waals surface area contributed by atoms with Gasteiger partial charge in [0, 0.05) is 19.3 Å². The van der Waals surface area contributed by atoms with Gasteiger partial charge in [-0.2, -0.15) is 0 Å². The predicted octanol–water partition coefficient (Wildman–Crippen LogP) is 2.89. The third kappa shape index (κ3) is 6.81. The van der Waals surface area contributed by atoms with Gasteiger partial charge in [0.2, 0.25) is 0 Å². The van der Waals surface area contributed by atoms with Gasteiger partial charge in [0.05, 0.1) is 12.4 Å². The maximum absolute atomic E-state index is 9.00. The molecule has 1 rings (SSSR count). The molecule has 0 aliphatic carbocycles. The SMILES string of the molecule is CC(=O)O.CC=CC(CCC)n1ccnc1. The molecule has 1 atom stereocenters. The molecule has 1 aromatic rings. The smallest absolute Gasteiger partial charge is 0.300 e. The van der Waals surface area contributed by atoms with E-state index in [1.807, 2.05) is 18.7 Å². The highest BCUT2D eigenvalue weighted by molar-refractivity contribution is 5.62. The molecule has 4 heteroatoms. The highest BCUT2D eigenvalue weighted by atomic mass is 16.4. The third-order valence-electron chi connectivity index (χ3n) is 1.91. The van der Waals surface area contributed by atoms with E-state index in [-0.39, 0.29) is 0 Å². The normalized spacial score (nSPS) is 11.9. The molecule has 0 amide bonds. The largest absolute Gasteiger partial charge is 0.481 e. The van der Waals surface area contributed by atoms with E-state index in [2.05, 4.69) is 35.6 Å². The number of hydrogen-bond donors (Lipinski definition) is 1. The molecule has 0 aromatic carbocycles. The molecule has 0 bridgehead atoms. The highest BCUT2D eigenvalue weighted by Gasteiger charge is 2.03. The van der Waals surface area contributed by atoms with Gasteiger partial charge in [-0.3, -0.25) is 4.79 Å². The summed E-state index contributed by atoms with van der Waals surface area (Å²) < 4.78 is 2.14. The molecule has 1 aromatic heterocycles. The number of rotatable bonds is 4. The fourth-order valence-electron chi connectivity index (χ4n) is 1.33. The molecule has 16 heavy (non-hydrogen) atoms. The second-order valence-electron chi connectivity index (χ2n) is 3.41. The van der Waals surface area contributed by atoms with Gasteiger partial charge in [0.25, 0.3) is 5.97 Å². The van der Waals surface area contributed by atoms with Crippen LogP contribution < -0.4 is 0 Å². The van der Waals surface area contributed by atoms with Crippen molar-refractivity contribution in [1.29, 1.82) is 0 Å². The third-order valence-corrected chi connectivity index (χ3v) is 1.91. The molecular formula is C12H20N2O2. The summed E-state index contributed by atoms with van der Waals surface area (Å²) in [7, 11) is 0. The minimum Gasteiger partial charge on any atom is -0.481 e. The van der Waals surface area contributed by atoms with Gasteiger partial charge in [-0.25, -0.2) is 4.98 Å². The fourth-order valence-corrected chi connectivity index (χ4v) is 1.33. The van der Waals surface area contributed by atoms with Gasteiger partial charge in [0.15, 0.2) is 0 Å². The van der Waals surface area contributed by atoms with E-state index in [1.54, 1.807) is 0 Å². The average molecular weight is 224 g/mol. The number of hydrogen-bond acceptors (Lipinski definition) is 2. The van der Waals surface area contributed by atoms with Crippen molar-refractivity contribution < 1.29 is 9.90 Å². The van der Waals surface area contributed by atoms with E-state index in [0.29, 0.717) is 6.04 Å². The van der Waals surface area contributed by atoms with Crippen molar-refractivity contribution in [3.05, 3.63) is 30.9 Å². The molecule has 0 saturated heterocycles. The van der Waals surface area contributed by atoms with Crippen LogP contribution in [0.15, 0.2) is 30.9 Å². The number of aliphatic carboxylic acids is 1. The van der Waals surface area contributed by atoms with E-state index < -0.39 is 5.97 Å². The molecule has 0 fully saturated rings. The Morgan fingerprint density at radius 2 is 2.25 bits per heavy atom. The first-order valence-electron chi connectivity index (χ1n) is 5.41. The molecule has 1 N–H and O–H groups in total. The molecule has 0 aliphatic heterocycles. The number of nitrogens with zero attached hydrogens (tertiary/aromatic N) is 2. The van der Waals surface area contributed by atoms with Crippen LogP contribution in [0.4, 0.5) is 0 Å². The molecule has 0 spiro atoms. The maximum Gasteiger partial charge on any atom is 0.300 e. The van der Waals surface area contributed by atoms with Crippen LogP contribution >= 0.6 is 0 Å². The minimum atomic E-state index is -0.833. The Morgan fingerprint density at radius 3 is 2.62 bits per heavy atom. The van der Waals surface area contributed by atoms with Crippen LogP contribution in [0.5, 0.6) is 0 Å². The van der Waals surface area contributed by atoms with Crippen LogP contribution in [0.3, 0.4) is 0 Å². The van der Waals surface area contributed by atoms with Crippen molar-refractivity contribution in [2.45, 2.75) is 39.7 Å². The lowest BCUT2D eigenvalue weighted by atomic mass is 10.1. The summed E-state index contributed by atoms with van der Waals surface area (Å²) >= 11 is 0. The Kier molecular flexibility index (Phi) is 7.85. The van der Waals surface area contributed by atoms with E-state index in [1.165, 1.54) is 12.8 Å². The Labute approximate surface area is 96.6 Å². The standard InChI is InChI=1S/C10H16N2.C2H4O2/c1-3-5-10(6-4-2)12-8-7-11-9-12;1-2(3)4/h3,5,7-10H,4,6H2,1-2H3;1H3,(H,3,4). The Balaban J connectivity index is 0.000000487. The van der Waals surface area contributed by atoms with Crippen LogP contribution in [0, 0.1) is 0 Å². The number of carboxylic acid groups (broad SMARTS) is 1. The Morgan fingerprint density at radius 1 is 1.62 bits per heavy atom. The topological polar surface area (TPSA) is 55.1 Å². The van der Waals surface area contributed by atoms with Crippen LogP contribution in [0.1, 0.15) is 39.7 Å². The lowest BCUT2D eigenvalue weighted by Crippen LogP contribution is -2.03. The first-order valence-corrected chi connectivity index (χ1v) is 5.41. The maximum atomic E-state index is 9.00. The summed E-state index contributed by atoms with van der Waals surface area (Å²) in [5, 5.41) is 7.42. The van der Waals surface area contributed by atoms with Gasteiger partial charge in [-0.15, -0.1) is 0 Å². The van der Waals surface area contributed by atoms with Gasteiger partial charge < -0.3 is 9.67 Å². The fraction of sp³-hybridized carbons (Fsp3) is 0.500. The second kappa shape index (κ2) is 8.71. The lowest BCUT2D eigenvalue weighted by Gasteiger charge is -2.12. The molecule has 0 aliphatic rings. The first-order chi connectivity index (χ1) is 7.61. The van der Waals surface area contributed by atoms with E-state index in [9.17, 15) is 0 Å². The number of imidazole rings is 1. The summed E-state index contributed by atoms with van der Waals surface area (Å²) in [4.78, 5) is 13.0. The number of allylic oxidation sites excluding steroid dienone is 2. The minimum absolute atomic E-state index is 0.488. The quantitative estimate of drug-likeness (QED) is 0.800. The molecule has 0 radical (unpaired) electrons. The van der Waals surface area contributed by atoms with Crippen molar-refractivity contribution in [2.24, 2.45) is 0 Å². The summed E-state index contributed by atoms with van der Waals surface area (Å²) in [6.07, 6.45) is 12.4. The zero-order valence-corrected chi connectivity index (χ0v) is 10.1. The zero-order chi connectivity index (χ0) is 12.4. The van der Waals surface area contributed by atoms with Crippen LogP contribution in [-0.4, -0.2) is 20.6 Å². The molecule has 90 valence electrons. The summed E-state index contributed by atoms with van der Waals surface area (Å²) in [6, 6.07) is 0.488. The lowest BCUT2D eigenvalue weighted by molar-refractivity contribution is -0.134. The van der Waals surface area contributed by atoms with E-state index >= 15 is 0 Å². The number of carbonyl (C=O) groups is 1. The number of carboxylic acids is 1. The predicted molar refractivity (Wildman–Crippen MR) is 64.3 cm³/mol. The zero-order valence-electron chi connectivity index (χ0n) is 10.1. The van der Waals surface area contributed by atoms with Crippen LogP contribution in [-0.2, 0) is 4.79 Å². The van der Waals surface area contributed by atoms with Crippen molar-refractivity contribution in [3.63, 3.8) is 0 Å². The second-order valence-corrected chi connectivity index (χ2v) is 3.41. The summed E-state index contributed by atoms with van der Waals surface area (Å²) in [5.41, 5.74) is 0. The van der Waals surface area contributed by atoms with Gasteiger partial charge in [0.1, 0.15) is 0 Å². The first kappa shape index (κ1) is 14.4. The molecule has 1 unspecified atom stereocenters. The van der Waals surface area contributed by atoms with Crippen molar-refractivity contribution >= 4 is 5.97 Å². The molecule has 4 nitrogen and oxygen atoms in total. The average Bonchev–Trinajstić information content (AvgIpc) is 2.69. The van der Waals surface area contributed by atoms with Crippen LogP contribution in [0.25, 0.3) is 0 Å². The van der Waals surface area contributed by atoms with Crippen molar-refractivity contribution in [3.8, 4) is 0 Å². The van der Waals surface area contributed by atoms with E-state index in [4.69, 9.17) is 9.90 Å². The number of aromatic nitrogens is 2.